The van der Waals surface area contributed by atoms with E-state index in [1.54, 1.807) is 31.4 Å². The van der Waals surface area contributed by atoms with Gasteiger partial charge in [0, 0.05) is 25.0 Å². The van der Waals surface area contributed by atoms with Crippen molar-refractivity contribution in [1.82, 2.24) is 15.5 Å². The van der Waals surface area contributed by atoms with Crippen molar-refractivity contribution < 1.29 is 4.39 Å². The Hall–Kier alpha value is -1.19. The number of guanidine groups is 1. The minimum Gasteiger partial charge on any atom is -0.354 e. The van der Waals surface area contributed by atoms with E-state index < -0.39 is 0 Å². The van der Waals surface area contributed by atoms with Gasteiger partial charge in [0.2, 0.25) is 0 Å². The lowest BCUT2D eigenvalue weighted by molar-refractivity contribution is 0.302. The molecule has 2 aromatic rings. The zero-order chi connectivity index (χ0) is 17.5. The molecule has 0 aliphatic heterocycles. The van der Waals surface area contributed by atoms with Gasteiger partial charge in [-0.3, -0.25) is 4.99 Å². The molecule has 0 saturated carbocycles. The monoisotopic (exact) mass is 476 g/mol. The zero-order valence-electron chi connectivity index (χ0n) is 15.0. The molecule has 1 heterocycles. The summed E-state index contributed by atoms with van der Waals surface area (Å²) in [4.78, 5) is 7.77. The van der Waals surface area contributed by atoms with Crippen LogP contribution in [0.1, 0.15) is 22.0 Å². The maximum atomic E-state index is 13.3. The van der Waals surface area contributed by atoms with E-state index in [9.17, 15) is 4.39 Å². The van der Waals surface area contributed by atoms with Crippen molar-refractivity contribution in [3.63, 3.8) is 0 Å². The van der Waals surface area contributed by atoms with Gasteiger partial charge in [-0.05, 0) is 49.7 Å². The number of nitrogens with one attached hydrogen (secondary N) is 2. The lowest BCUT2D eigenvalue weighted by atomic mass is 10.1. The standard InChI is InChI=1S/C18H25FN4S.HI/c1-13-10-14(7-8-15(13)19)11-21-18(20-2)22-12-16(23(3)4)17-6-5-9-24-17;/h5-10,16H,11-12H2,1-4H3,(H2,20,21,22);1H. The Labute approximate surface area is 170 Å². The van der Waals surface area contributed by atoms with Crippen LogP contribution in [-0.4, -0.2) is 38.5 Å². The van der Waals surface area contributed by atoms with Crippen molar-refractivity contribution in [2.75, 3.05) is 27.7 Å². The van der Waals surface area contributed by atoms with Gasteiger partial charge in [-0.15, -0.1) is 35.3 Å². The number of thiophene rings is 1. The lowest BCUT2D eigenvalue weighted by Gasteiger charge is -2.24. The third-order valence-corrected chi connectivity index (χ3v) is 4.84. The summed E-state index contributed by atoms with van der Waals surface area (Å²) in [7, 11) is 5.90. The fourth-order valence-electron chi connectivity index (χ4n) is 2.44. The highest BCUT2D eigenvalue weighted by molar-refractivity contribution is 14.0. The summed E-state index contributed by atoms with van der Waals surface area (Å²) in [6, 6.07) is 9.65. The number of hydrogen-bond acceptors (Lipinski definition) is 3. The van der Waals surface area contributed by atoms with E-state index in [1.807, 2.05) is 6.07 Å². The Bertz CT molecular complexity index is 674. The molecule has 0 bridgehead atoms. The van der Waals surface area contributed by atoms with Crippen LogP contribution in [0.15, 0.2) is 40.7 Å². The van der Waals surface area contributed by atoms with Crippen LogP contribution in [0.25, 0.3) is 0 Å². The number of aliphatic imine (C=N–C) groups is 1. The van der Waals surface area contributed by atoms with Crippen LogP contribution in [0.2, 0.25) is 0 Å². The normalized spacial score (nSPS) is 12.6. The molecule has 1 unspecified atom stereocenters. The van der Waals surface area contributed by atoms with Crippen LogP contribution < -0.4 is 10.6 Å². The molecule has 0 aliphatic rings. The molecule has 1 aromatic heterocycles. The van der Waals surface area contributed by atoms with Crippen molar-refractivity contribution in [3.05, 3.63) is 57.5 Å². The average Bonchev–Trinajstić information content (AvgIpc) is 3.07. The van der Waals surface area contributed by atoms with Gasteiger partial charge in [0.1, 0.15) is 5.82 Å². The molecule has 138 valence electrons. The molecule has 7 heteroatoms. The van der Waals surface area contributed by atoms with Gasteiger partial charge >= 0.3 is 0 Å². The van der Waals surface area contributed by atoms with Crippen LogP contribution >= 0.6 is 35.3 Å². The maximum absolute atomic E-state index is 13.3. The van der Waals surface area contributed by atoms with Gasteiger partial charge in [0.05, 0.1) is 6.04 Å². The fraction of sp³-hybridized carbons (Fsp3) is 0.389. The summed E-state index contributed by atoms with van der Waals surface area (Å²) in [5.41, 5.74) is 1.68. The van der Waals surface area contributed by atoms with Gasteiger partial charge in [-0.25, -0.2) is 4.39 Å². The topological polar surface area (TPSA) is 39.7 Å². The first kappa shape index (κ1) is 21.9. The maximum Gasteiger partial charge on any atom is 0.191 e. The fourth-order valence-corrected chi connectivity index (χ4v) is 3.36. The van der Waals surface area contributed by atoms with E-state index in [4.69, 9.17) is 0 Å². The molecular formula is C18H26FIN4S. The van der Waals surface area contributed by atoms with Crippen LogP contribution in [0.4, 0.5) is 4.39 Å². The minimum atomic E-state index is -0.175. The Kier molecular flexibility index (Phi) is 9.37. The summed E-state index contributed by atoms with van der Waals surface area (Å²) in [6.07, 6.45) is 0. The van der Waals surface area contributed by atoms with Gasteiger partial charge in [0.25, 0.3) is 0 Å². The molecule has 1 aromatic carbocycles. The second kappa shape index (κ2) is 10.7. The van der Waals surface area contributed by atoms with Crippen LogP contribution in [-0.2, 0) is 6.54 Å². The van der Waals surface area contributed by atoms with E-state index in [-0.39, 0.29) is 35.8 Å². The SMILES string of the molecule is CN=C(NCc1ccc(F)c(C)c1)NCC(c1cccs1)N(C)C.I. The highest BCUT2D eigenvalue weighted by Crippen LogP contribution is 2.22. The number of halogens is 2. The minimum absolute atomic E-state index is 0. The van der Waals surface area contributed by atoms with Crippen molar-refractivity contribution in [2.24, 2.45) is 4.99 Å². The molecule has 2 N–H and O–H groups in total. The van der Waals surface area contributed by atoms with Gasteiger partial charge < -0.3 is 15.5 Å². The summed E-state index contributed by atoms with van der Waals surface area (Å²) in [5, 5.41) is 8.73. The predicted molar refractivity (Wildman–Crippen MR) is 116 cm³/mol. The molecule has 25 heavy (non-hydrogen) atoms. The van der Waals surface area contributed by atoms with Crippen molar-refractivity contribution in [1.29, 1.82) is 0 Å². The predicted octanol–water partition coefficient (Wildman–Crippen LogP) is 3.78. The van der Waals surface area contributed by atoms with E-state index in [0.29, 0.717) is 12.1 Å². The molecule has 0 amide bonds. The first-order chi connectivity index (χ1) is 11.5. The van der Waals surface area contributed by atoms with Gasteiger partial charge in [0.15, 0.2) is 5.96 Å². The second-order valence-electron chi connectivity index (χ2n) is 5.89. The Balaban J connectivity index is 0.00000312. The van der Waals surface area contributed by atoms with Crippen molar-refractivity contribution >= 4 is 41.3 Å². The lowest BCUT2D eigenvalue weighted by Crippen LogP contribution is -2.41. The number of benzene rings is 1. The molecule has 0 aliphatic carbocycles. The Morgan fingerprint density at radius 1 is 1.28 bits per heavy atom. The Morgan fingerprint density at radius 2 is 2.04 bits per heavy atom. The van der Waals surface area contributed by atoms with Crippen molar-refractivity contribution in [2.45, 2.75) is 19.5 Å². The van der Waals surface area contributed by atoms with Crippen LogP contribution in [0.5, 0.6) is 0 Å². The molecule has 0 fully saturated rings. The summed E-state index contributed by atoms with van der Waals surface area (Å²) < 4.78 is 13.3. The number of aryl methyl sites for hydroxylation is 1. The molecule has 2 rings (SSSR count). The van der Waals surface area contributed by atoms with Crippen LogP contribution in [0.3, 0.4) is 0 Å². The largest absolute Gasteiger partial charge is 0.354 e. The molecule has 1 atom stereocenters. The molecule has 4 nitrogen and oxygen atoms in total. The van der Waals surface area contributed by atoms with E-state index in [0.717, 1.165) is 18.1 Å². The van der Waals surface area contributed by atoms with E-state index in [1.165, 1.54) is 10.9 Å². The number of rotatable bonds is 6. The molecule has 0 saturated heterocycles. The summed E-state index contributed by atoms with van der Waals surface area (Å²) >= 11 is 1.75. The zero-order valence-corrected chi connectivity index (χ0v) is 18.2. The second-order valence-corrected chi connectivity index (χ2v) is 6.86. The third-order valence-electron chi connectivity index (χ3n) is 3.86. The van der Waals surface area contributed by atoms with E-state index in [2.05, 4.69) is 52.1 Å². The summed E-state index contributed by atoms with van der Waals surface area (Å²) in [5.74, 6) is 0.561. The van der Waals surface area contributed by atoms with Gasteiger partial charge in [-0.2, -0.15) is 0 Å². The number of likely N-dealkylation sites (N-methyl/N-ethyl adjacent to an activating group) is 1. The molecule has 0 spiro atoms. The first-order valence-electron chi connectivity index (χ1n) is 7.90. The third kappa shape index (κ3) is 6.56. The summed E-state index contributed by atoms with van der Waals surface area (Å²) in [6.45, 7) is 3.14. The molecular weight excluding hydrogens is 450 g/mol. The number of nitrogens with zero attached hydrogens (tertiary/aromatic N) is 2. The Morgan fingerprint density at radius 3 is 2.60 bits per heavy atom. The van der Waals surface area contributed by atoms with Crippen molar-refractivity contribution in [3.8, 4) is 0 Å². The highest BCUT2D eigenvalue weighted by Gasteiger charge is 2.15. The smallest absolute Gasteiger partial charge is 0.191 e. The first-order valence-corrected chi connectivity index (χ1v) is 8.78. The van der Waals surface area contributed by atoms with Gasteiger partial charge in [-0.1, -0.05) is 18.2 Å². The quantitative estimate of drug-likeness (QED) is 0.379. The average molecular weight is 476 g/mol. The molecule has 0 radical (unpaired) electrons. The van der Waals surface area contributed by atoms with E-state index >= 15 is 0 Å². The number of hydrogen-bond donors (Lipinski definition) is 2. The van der Waals surface area contributed by atoms with Crippen LogP contribution in [0, 0.1) is 12.7 Å². The highest BCUT2D eigenvalue weighted by atomic mass is 127.